The summed E-state index contributed by atoms with van der Waals surface area (Å²) in [6, 6.07) is 7.38. The Balaban J connectivity index is 1.67. The summed E-state index contributed by atoms with van der Waals surface area (Å²) in [5.41, 5.74) is 3.32. The van der Waals surface area contributed by atoms with Crippen molar-refractivity contribution < 1.29 is 4.79 Å². The summed E-state index contributed by atoms with van der Waals surface area (Å²) in [7, 11) is 3.78. The molecule has 0 aliphatic rings. The quantitative estimate of drug-likeness (QED) is 0.646. The number of thiazole rings is 1. The summed E-state index contributed by atoms with van der Waals surface area (Å²) in [5.74, 6) is -0.205. The molecule has 0 saturated carbocycles. The van der Waals surface area contributed by atoms with Gasteiger partial charge >= 0.3 is 0 Å². The van der Waals surface area contributed by atoms with Crippen LogP contribution in [0, 0.1) is 18.3 Å². The molecule has 0 aliphatic heterocycles. The van der Waals surface area contributed by atoms with Crippen LogP contribution >= 0.6 is 22.9 Å². The highest BCUT2D eigenvalue weighted by Crippen LogP contribution is 2.30. The number of anilines is 1. The largest absolute Gasteiger partial charge is 0.354 e. The molecule has 1 atom stereocenters. The Hall–Kier alpha value is -2.89. The summed E-state index contributed by atoms with van der Waals surface area (Å²) < 4.78 is 1.78. The lowest BCUT2D eigenvalue weighted by molar-refractivity contribution is 0.0931. The fourth-order valence-electron chi connectivity index (χ4n) is 2.85. The third kappa shape index (κ3) is 4.58. The Morgan fingerprint density at radius 2 is 2.17 bits per heavy atom. The van der Waals surface area contributed by atoms with Crippen LogP contribution in [0.4, 0.5) is 5.13 Å². The zero-order valence-electron chi connectivity index (χ0n) is 16.6. The second-order valence-electron chi connectivity index (χ2n) is 6.92. The molecule has 1 aromatic carbocycles. The predicted molar refractivity (Wildman–Crippen MR) is 115 cm³/mol. The number of carbonyl (C=O) groups excluding carboxylic acids is 1. The van der Waals surface area contributed by atoms with E-state index >= 15 is 0 Å². The van der Waals surface area contributed by atoms with E-state index in [4.69, 9.17) is 16.9 Å². The first-order valence-corrected chi connectivity index (χ1v) is 10.2. The number of hydrogen-bond acceptors (Lipinski definition) is 6. The lowest BCUT2D eigenvalue weighted by Crippen LogP contribution is -2.36. The first kappa shape index (κ1) is 20.8. The lowest BCUT2D eigenvalue weighted by Gasteiger charge is -2.13. The molecule has 0 aliphatic carbocycles. The third-order valence-corrected chi connectivity index (χ3v) is 5.86. The summed E-state index contributed by atoms with van der Waals surface area (Å²) in [4.78, 5) is 18.6. The van der Waals surface area contributed by atoms with E-state index in [1.807, 2.05) is 51.2 Å². The van der Waals surface area contributed by atoms with Crippen LogP contribution in [0.25, 0.3) is 11.3 Å². The van der Waals surface area contributed by atoms with Crippen molar-refractivity contribution in [3.05, 3.63) is 51.6 Å². The van der Waals surface area contributed by atoms with E-state index in [0.717, 1.165) is 22.0 Å². The molecule has 0 spiro atoms. The molecule has 0 radical (unpaired) electrons. The Morgan fingerprint density at radius 1 is 1.41 bits per heavy atom. The minimum Gasteiger partial charge on any atom is -0.354 e. The predicted octanol–water partition coefficient (Wildman–Crippen LogP) is 3.72. The molecule has 2 aromatic heterocycles. The first-order valence-electron chi connectivity index (χ1n) is 8.97. The molecule has 9 heteroatoms. The molecule has 3 rings (SSSR count). The number of halogens is 1. The Kier molecular flexibility index (Phi) is 6.20. The van der Waals surface area contributed by atoms with Crippen molar-refractivity contribution in [1.82, 2.24) is 20.1 Å². The van der Waals surface area contributed by atoms with Crippen LogP contribution in [0.2, 0.25) is 5.02 Å². The number of hydrogen-bond donors (Lipinski definition) is 1. The van der Waals surface area contributed by atoms with Gasteiger partial charge in [-0.2, -0.15) is 10.4 Å². The fraction of sp³-hybridized carbons (Fsp3) is 0.300. The van der Waals surface area contributed by atoms with Gasteiger partial charge in [0.15, 0.2) is 5.13 Å². The maximum Gasteiger partial charge on any atom is 0.271 e. The van der Waals surface area contributed by atoms with E-state index in [0.29, 0.717) is 22.8 Å². The van der Waals surface area contributed by atoms with Crippen LogP contribution < -0.4 is 10.2 Å². The van der Waals surface area contributed by atoms with Gasteiger partial charge in [0.1, 0.15) is 11.8 Å². The molecule has 1 amide bonds. The standard InChI is InChI=1S/C20H21ClN6OS/c1-12(23-19(28)17-11-29-20(24-17)26(3)4)10-27-8-7-16(25-27)15-6-5-14(9-22)18(21)13(15)2/h5-8,11-12H,10H2,1-4H3,(H,23,28). The summed E-state index contributed by atoms with van der Waals surface area (Å²) in [6.07, 6.45) is 1.86. The van der Waals surface area contributed by atoms with Crippen LogP contribution in [0.15, 0.2) is 29.8 Å². The summed E-state index contributed by atoms with van der Waals surface area (Å²) >= 11 is 7.69. The molecular weight excluding hydrogens is 408 g/mol. The highest BCUT2D eigenvalue weighted by molar-refractivity contribution is 7.13. The van der Waals surface area contributed by atoms with Crippen LogP contribution in [-0.4, -0.2) is 40.8 Å². The lowest BCUT2D eigenvalue weighted by atomic mass is 10.0. The molecule has 2 heterocycles. The molecule has 1 unspecified atom stereocenters. The zero-order valence-corrected chi connectivity index (χ0v) is 18.2. The molecule has 0 saturated heterocycles. The van der Waals surface area contributed by atoms with E-state index in [9.17, 15) is 4.79 Å². The smallest absolute Gasteiger partial charge is 0.271 e. The topological polar surface area (TPSA) is 86.8 Å². The Bertz CT molecular complexity index is 1080. The number of rotatable bonds is 6. The van der Waals surface area contributed by atoms with Gasteiger partial charge in [-0.3, -0.25) is 9.48 Å². The molecule has 0 bridgehead atoms. The fourth-order valence-corrected chi connectivity index (χ4v) is 3.80. The number of nitrogens with one attached hydrogen (secondary N) is 1. The minimum absolute atomic E-state index is 0.134. The zero-order chi connectivity index (χ0) is 21.1. The molecule has 150 valence electrons. The molecule has 0 fully saturated rings. The van der Waals surface area contributed by atoms with E-state index in [1.165, 1.54) is 11.3 Å². The van der Waals surface area contributed by atoms with Gasteiger partial charge in [0, 0.05) is 37.3 Å². The van der Waals surface area contributed by atoms with Crippen LogP contribution in [-0.2, 0) is 6.54 Å². The number of carbonyl (C=O) groups is 1. The molecule has 29 heavy (non-hydrogen) atoms. The van der Waals surface area contributed by atoms with Crippen molar-refractivity contribution in [2.24, 2.45) is 0 Å². The van der Waals surface area contributed by atoms with Gasteiger partial charge in [-0.15, -0.1) is 11.3 Å². The van der Waals surface area contributed by atoms with Crippen LogP contribution in [0.3, 0.4) is 0 Å². The number of nitriles is 1. The van der Waals surface area contributed by atoms with Gasteiger partial charge in [-0.25, -0.2) is 4.98 Å². The van der Waals surface area contributed by atoms with Gasteiger partial charge < -0.3 is 10.2 Å². The Labute approximate surface area is 178 Å². The van der Waals surface area contributed by atoms with Crippen molar-refractivity contribution >= 4 is 34.0 Å². The second kappa shape index (κ2) is 8.64. The monoisotopic (exact) mass is 428 g/mol. The van der Waals surface area contributed by atoms with Gasteiger partial charge in [-0.1, -0.05) is 17.7 Å². The van der Waals surface area contributed by atoms with Gasteiger partial charge in [-0.05, 0) is 31.5 Å². The van der Waals surface area contributed by atoms with Crippen LogP contribution in [0.5, 0.6) is 0 Å². The van der Waals surface area contributed by atoms with Crippen molar-refractivity contribution in [2.75, 3.05) is 19.0 Å². The maximum absolute atomic E-state index is 12.4. The van der Waals surface area contributed by atoms with E-state index in [-0.39, 0.29) is 11.9 Å². The number of benzene rings is 1. The molecule has 7 nitrogen and oxygen atoms in total. The third-order valence-electron chi connectivity index (χ3n) is 4.37. The maximum atomic E-state index is 12.4. The average molecular weight is 429 g/mol. The Morgan fingerprint density at radius 3 is 2.83 bits per heavy atom. The molecule has 1 N–H and O–H groups in total. The molecule has 3 aromatic rings. The average Bonchev–Trinajstić information content (AvgIpc) is 3.33. The summed E-state index contributed by atoms with van der Waals surface area (Å²) in [5, 5.41) is 19.6. The second-order valence-corrected chi connectivity index (χ2v) is 8.13. The summed E-state index contributed by atoms with van der Waals surface area (Å²) in [6.45, 7) is 4.30. The number of aromatic nitrogens is 3. The van der Waals surface area contributed by atoms with E-state index < -0.39 is 0 Å². The van der Waals surface area contributed by atoms with Gasteiger partial charge in [0.05, 0.1) is 22.8 Å². The SMILES string of the molecule is Cc1c(-c2ccn(CC(C)NC(=O)c3csc(N(C)C)n3)n2)ccc(C#N)c1Cl. The highest BCUT2D eigenvalue weighted by Gasteiger charge is 2.16. The first-order chi connectivity index (χ1) is 13.8. The molecular formula is C20H21ClN6OS. The van der Waals surface area contributed by atoms with Gasteiger partial charge in [0.2, 0.25) is 0 Å². The van der Waals surface area contributed by atoms with Gasteiger partial charge in [0.25, 0.3) is 5.91 Å². The van der Waals surface area contributed by atoms with E-state index in [2.05, 4.69) is 21.5 Å². The number of nitrogens with zero attached hydrogens (tertiary/aromatic N) is 5. The van der Waals surface area contributed by atoms with Crippen molar-refractivity contribution in [1.29, 1.82) is 5.26 Å². The van der Waals surface area contributed by atoms with Crippen LogP contribution in [0.1, 0.15) is 28.5 Å². The normalized spacial score (nSPS) is 11.7. The van der Waals surface area contributed by atoms with Crippen molar-refractivity contribution in [3.8, 4) is 17.3 Å². The minimum atomic E-state index is -0.205. The van der Waals surface area contributed by atoms with E-state index in [1.54, 1.807) is 16.1 Å². The highest BCUT2D eigenvalue weighted by atomic mass is 35.5. The number of amides is 1. The van der Waals surface area contributed by atoms with Crippen molar-refractivity contribution in [3.63, 3.8) is 0 Å². The van der Waals surface area contributed by atoms with Crippen molar-refractivity contribution in [2.45, 2.75) is 26.4 Å².